The van der Waals surface area contributed by atoms with E-state index in [2.05, 4.69) is 15.2 Å². The smallest absolute Gasteiger partial charge is 0.338 e. The summed E-state index contributed by atoms with van der Waals surface area (Å²) in [6.45, 7) is 7.75. The summed E-state index contributed by atoms with van der Waals surface area (Å²) >= 11 is 0. The van der Waals surface area contributed by atoms with Crippen molar-refractivity contribution in [1.29, 1.82) is 0 Å². The first-order chi connectivity index (χ1) is 11.8. The molecule has 6 heteroatoms. The first-order valence-electron chi connectivity index (χ1n) is 9.02. The van der Waals surface area contributed by atoms with Crippen LogP contribution in [0.5, 0.6) is 0 Å². The van der Waals surface area contributed by atoms with Gasteiger partial charge in [0, 0.05) is 25.8 Å². The van der Waals surface area contributed by atoms with Gasteiger partial charge in [0.15, 0.2) is 0 Å². The summed E-state index contributed by atoms with van der Waals surface area (Å²) in [6, 6.07) is 3.43. The Bertz CT molecular complexity index is 668. The molecule has 2 fully saturated rings. The van der Waals surface area contributed by atoms with E-state index in [0.717, 1.165) is 44.6 Å². The van der Waals surface area contributed by atoms with Crippen molar-refractivity contribution in [3.63, 3.8) is 0 Å². The number of esters is 1. The number of carbonyl (C=O) groups excluding carboxylic acids is 2. The fraction of sp³-hybridized carbons (Fsp3) is 0.632. The first kappa shape index (κ1) is 17.7. The third-order valence-corrected chi connectivity index (χ3v) is 4.91. The summed E-state index contributed by atoms with van der Waals surface area (Å²) in [5, 5.41) is 3.04. The Balaban J connectivity index is 1.76. The number of pyridine rings is 1. The van der Waals surface area contributed by atoms with Crippen LogP contribution in [0.4, 0.5) is 5.82 Å². The summed E-state index contributed by atoms with van der Waals surface area (Å²) in [5.41, 5.74) is -0.359. The fourth-order valence-corrected chi connectivity index (χ4v) is 3.60. The van der Waals surface area contributed by atoms with Crippen LogP contribution in [-0.4, -0.2) is 42.1 Å². The Morgan fingerprint density at radius 3 is 2.88 bits per heavy atom. The molecule has 1 aromatic heterocycles. The number of ether oxygens (including phenoxy) is 1. The van der Waals surface area contributed by atoms with Gasteiger partial charge in [-0.25, -0.2) is 9.78 Å². The molecule has 2 saturated heterocycles. The highest BCUT2D eigenvalue weighted by Crippen LogP contribution is 2.38. The SMILES string of the molecule is CC(C)(C)OC(=O)c1ccnc(N2CCC3(CCCCNC3=O)C2)c1. The van der Waals surface area contributed by atoms with Crippen LogP contribution in [0.15, 0.2) is 18.3 Å². The molecule has 0 radical (unpaired) electrons. The molecule has 25 heavy (non-hydrogen) atoms. The van der Waals surface area contributed by atoms with E-state index in [4.69, 9.17) is 4.74 Å². The number of hydrogen-bond donors (Lipinski definition) is 1. The van der Waals surface area contributed by atoms with Gasteiger partial charge in [0.05, 0.1) is 11.0 Å². The number of anilines is 1. The van der Waals surface area contributed by atoms with Crippen molar-refractivity contribution in [2.24, 2.45) is 5.41 Å². The Labute approximate surface area is 148 Å². The average Bonchev–Trinajstić information content (AvgIpc) is 2.90. The van der Waals surface area contributed by atoms with E-state index in [1.54, 1.807) is 18.3 Å². The highest BCUT2D eigenvalue weighted by atomic mass is 16.6. The predicted molar refractivity (Wildman–Crippen MR) is 95.5 cm³/mol. The lowest BCUT2D eigenvalue weighted by molar-refractivity contribution is -0.129. The zero-order valence-corrected chi connectivity index (χ0v) is 15.3. The number of carbonyl (C=O) groups is 2. The van der Waals surface area contributed by atoms with Gasteiger partial charge in [-0.1, -0.05) is 6.42 Å². The summed E-state index contributed by atoms with van der Waals surface area (Å²) in [6.07, 6.45) is 5.49. The van der Waals surface area contributed by atoms with E-state index in [-0.39, 0.29) is 17.3 Å². The van der Waals surface area contributed by atoms with Crippen LogP contribution in [0.1, 0.15) is 56.8 Å². The van der Waals surface area contributed by atoms with Gasteiger partial charge in [0.2, 0.25) is 5.91 Å². The molecule has 136 valence electrons. The second kappa shape index (κ2) is 6.65. The second-order valence-corrected chi connectivity index (χ2v) is 8.07. The molecule has 0 bridgehead atoms. The Morgan fingerprint density at radius 2 is 2.12 bits per heavy atom. The minimum atomic E-state index is -0.531. The topological polar surface area (TPSA) is 71.5 Å². The molecule has 1 amide bonds. The molecule has 1 atom stereocenters. The zero-order valence-electron chi connectivity index (χ0n) is 15.3. The van der Waals surface area contributed by atoms with Crippen LogP contribution in [0.3, 0.4) is 0 Å². The normalized spacial score (nSPS) is 24.1. The van der Waals surface area contributed by atoms with Crippen LogP contribution in [0.25, 0.3) is 0 Å². The standard InChI is InChI=1S/C19H27N3O3/c1-18(2,3)25-16(23)14-6-10-20-15(12-14)22-11-8-19(13-22)7-4-5-9-21-17(19)24/h6,10,12H,4-5,7-9,11,13H2,1-3H3,(H,21,24). The average molecular weight is 345 g/mol. The maximum atomic E-state index is 12.5. The molecule has 1 aromatic rings. The van der Waals surface area contributed by atoms with Crippen molar-refractivity contribution in [3.05, 3.63) is 23.9 Å². The minimum Gasteiger partial charge on any atom is -0.456 e. The van der Waals surface area contributed by atoms with E-state index in [9.17, 15) is 9.59 Å². The van der Waals surface area contributed by atoms with Crippen molar-refractivity contribution >= 4 is 17.7 Å². The third kappa shape index (κ3) is 3.94. The monoisotopic (exact) mass is 345 g/mol. The Morgan fingerprint density at radius 1 is 1.32 bits per heavy atom. The number of nitrogens with zero attached hydrogens (tertiary/aromatic N) is 2. The van der Waals surface area contributed by atoms with Gasteiger partial charge in [-0.3, -0.25) is 4.79 Å². The largest absolute Gasteiger partial charge is 0.456 e. The molecular formula is C19H27N3O3. The Kier molecular flexibility index (Phi) is 4.71. The number of amides is 1. The van der Waals surface area contributed by atoms with Crippen molar-refractivity contribution < 1.29 is 14.3 Å². The lowest BCUT2D eigenvalue weighted by Crippen LogP contribution is -2.41. The molecule has 1 unspecified atom stereocenters. The predicted octanol–water partition coefficient (Wildman–Crippen LogP) is 2.53. The zero-order chi connectivity index (χ0) is 18.1. The lowest BCUT2D eigenvalue weighted by atomic mass is 9.82. The summed E-state index contributed by atoms with van der Waals surface area (Å²) in [5.74, 6) is 0.547. The highest BCUT2D eigenvalue weighted by molar-refractivity contribution is 5.90. The number of nitrogens with one attached hydrogen (secondary N) is 1. The molecule has 3 heterocycles. The summed E-state index contributed by atoms with van der Waals surface area (Å²) in [4.78, 5) is 31.3. The molecule has 2 aliphatic rings. The molecule has 1 N–H and O–H groups in total. The van der Waals surface area contributed by atoms with Gasteiger partial charge in [-0.05, 0) is 52.2 Å². The number of rotatable bonds is 2. The van der Waals surface area contributed by atoms with Crippen molar-refractivity contribution in [3.8, 4) is 0 Å². The van der Waals surface area contributed by atoms with Crippen LogP contribution in [0, 0.1) is 5.41 Å². The van der Waals surface area contributed by atoms with Crippen molar-refractivity contribution in [1.82, 2.24) is 10.3 Å². The van der Waals surface area contributed by atoms with E-state index in [1.807, 2.05) is 20.8 Å². The van der Waals surface area contributed by atoms with Crippen molar-refractivity contribution in [2.45, 2.75) is 52.1 Å². The third-order valence-electron chi connectivity index (χ3n) is 4.91. The van der Waals surface area contributed by atoms with Crippen LogP contribution >= 0.6 is 0 Å². The molecular weight excluding hydrogens is 318 g/mol. The summed E-state index contributed by atoms with van der Waals surface area (Å²) in [7, 11) is 0. The van der Waals surface area contributed by atoms with Crippen LogP contribution in [-0.2, 0) is 9.53 Å². The maximum Gasteiger partial charge on any atom is 0.338 e. The fourth-order valence-electron chi connectivity index (χ4n) is 3.60. The van der Waals surface area contributed by atoms with Gasteiger partial charge in [0.1, 0.15) is 11.4 Å². The molecule has 2 aliphatic heterocycles. The van der Waals surface area contributed by atoms with E-state index < -0.39 is 5.60 Å². The number of hydrogen-bond acceptors (Lipinski definition) is 5. The second-order valence-electron chi connectivity index (χ2n) is 8.07. The van der Waals surface area contributed by atoms with Gasteiger partial charge in [-0.15, -0.1) is 0 Å². The minimum absolute atomic E-state index is 0.163. The maximum absolute atomic E-state index is 12.5. The van der Waals surface area contributed by atoms with Gasteiger partial charge in [0.25, 0.3) is 0 Å². The summed E-state index contributed by atoms with van der Waals surface area (Å²) < 4.78 is 5.44. The lowest BCUT2D eigenvalue weighted by Gasteiger charge is -2.26. The van der Waals surface area contributed by atoms with Gasteiger partial charge in [-0.2, -0.15) is 0 Å². The Hall–Kier alpha value is -2.11. The van der Waals surface area contributed by atoms with E-state index in [1.165, 1.54) is 0 Å². The van der Waals surface area contributed by atoms with Crippen LogP contribution < -0.4 is 10.2 Å². The molecule has 6 nitrogen and oxygen atoms in total. The van der Waals surface area contributed by atoms with E-state index >= 15 is 0 Å². The molecule has 0 aliphatic carbocycles. The highest BCUT2D eigenvalue weighted by Gasteiger charge is 2.45. The van der Waals surface area contributed by atoms with Gasteiger partial charge < -0.3 is 15.0 Å². The van der Waals surface area contributed by atoms with Gasteiger partial charge >= 0.3 is 5.97 Å². The molecule has 0 aromatic carbocycles. The number of aromatic nitrogens is 1. The van der Waals surface area contributed by atoms with Crippen molar-refractivity contribution in [2.75, 3.05) is 24.5 Å². The molecule has 3 rings (SSSR count). The first-order valence-corrected chi connectivity index (χ1v) is 9.02. The van der Waals surface area contributed by atoms with Crippen LogP contribution in [0.2, 0.25) is 0 Å². The molecule has 0 saturated carbocycles. The molecule has 1 spiro atoms. The quantitative estimate of drug-likeness (QED) is 0.834. The van der Waals surface area contributed by atoms with E-state index in [0.29, 0.717) is 12.1 Å².